The Morgan fingerprint density at radius 2 is 1.42 bits per heavy atom. The molecule has 0 radical (unpaired) electrons. The normalized spacial score (nSPS) is 17.0. The Hall–Kier alpha value is -1.06. The van der Waals surface area contributed by atoms with Crippen LogP contribution in [-0.2, 0) is 19.1 Å². The first-order chi connectivity index (χ1) is 9.13. The average molecular weight is 270 g/mol. The van der Waals surface area contributed by atoms with Gasteiger partial charge in [-0.15, -0.1) is 0 Å². The first-order valence-electron chi connectivity index (χ1n) is 7.47. The van der Waals surface area contributed by atoms with E-state index in [1.807, 2.05) is 6.92 Å². The molecule has 0 amide bonds. The maximum atomic E-state index is 12.4. The van der Waals surface area contributed by atoms with E-state index >= 15 is 0 Å². The lowest BCUT2D eigenvalue weighted by atomic mass is 9.67. The summed E-state index contributed by atoms with van der Waals surface area (Å²) in [5.41, 5.74) is -1.09. The van der Waals surface area contributed by atoms with Crippen LogP contribution in [0.2, 0.25) is 0 Å². The molecule has 0 aromatic rings. The summed E-state index contributed by atoms with van der Waals surface area (Å²) in [4.78, 5) is 24.8. The summed E-state index contributed by atoms with van der Waals surface area (Å²) in [6, 6.07) is 0. The van der Waals surface area contributed by atoms with Gasteiger partial charge in [-0.05, 0) is 39.0 Å². The Balaban J connectivity index is 3.03. The van der Waals surface area contributed by atoms with Crippen molar-refractivity contribution in [2.45, 2.75) is 59.3 Å². The number of esters is 2. The van der Waals surface area contributed by atoms with Crippen LogP contribution in [-0.4, -0.2) is 25.2 Å². The van der Waals surface area contributed by atoms with Crippen LogP contribution in [0.5, 0.6) is 0 Å². The average Bonchev–Trinajstić information content (AvgIpc) is 2.42. The molecule has 0 aromatic carbocycles. The number of carbonyl (C=O) groups is 2. The molecule has 19 heavy (non-hydrogen) atoms. The minimum atomic E-state index is -1.09. The molecule has 0 aliphatic heterocycles. The summed E-state index contributed by atoms with van der Waals surface area (Å²) in [6.07, 6.45) is 5.60. The van der Waals surface area contributed by atoms with Gasteiger partial charge < -0.3 is 9.47 Å². The van der Waals surface area contributed by atoms with Gasteiger partial charge in [0.25, 0.3) is 0 Å². The highest BCUT2D eigenvalue weighted by molar-refractivity contribution is 6.00. The minimum absolute atomic E-state index is 0.0596. The fraction of sp³-hybridized carbons (Fsp3) is 0.867. The van der Waals surface area contributed by atoms with Crippen molar-refractivity contribution in [1.29, 1.82) is 0 Å². The molecule has 0 atom stereocenters. The molecular formula is C15H26O4. The summed E-state index contributed by atoms with van der Waals surface area (Å²) in [5, 5.41) is 0. The summed E-state index contributed by atoms with van der Waals surface area (Å²) in [6.45, 7) is 6.01. The van der Waals surface area contributed by atoms with E-state index in [0.717, 1.165) is 25.7 Å². The Kier molecular flexibility index (Phi) is 6.32. The third kappa shape index (κ3) is 3.28. The zero-order valence-corrected chi connectivity index (χ0v) is 12.4. The first kappa shape index (κ1) is 16.0. The number of hydrogen-bond acceptors (Lipinski definition) is 4. The topological polar surface area (TPSA) is 52.6 Å². The van der Waals surface area contributed by atoms with Crippen molar-refractivity contribution in [1.82, 2.24) is 0 Å². The monoisotopic (exact) mass is 270 g/mol. The van der Waals surface area contributed by atoms with Crippen LogP contribution in [0.3, 0.4) is 0 Å². The van der Waals surface area contributed by atoms with Crippen molar-refractivity contribution < 1.29 is 19.1 Å². The maximum absolute atomic E-state index is 12.4. The molecule has 110 valence electrons. The molecule has 0 unspecified atom stereocenters. The second-order valence-electron chi connectivity index (χ2n) is 5.10. The fourth-order valence-electron chi connectivity index (χ4n) is 3.11. The number of carbonyl (C=O) groups excluding carboxylic acids is 2. The molecule has 1 aliphatic rings. The Labute approximate surface area is 115 Å². The van der Waals surface area contributed by atoms with Gasteiger partial charge in [0, 0.05) is 0 Å². The van der Waals surface area contributed by atoms with Crippen molar-refractivity contribution in [2.24, 2.45) is 11.3 Å². The number of rotatable bonds is 6. The molecule has 1 saturated carbocycles. The highest BCUT2D eigenvalue weighted by Gasteiger charge is 2.53. The Bertz CT molecular complexity index is 287. The van der Waals surface area contributed by atoms with Crippen LogP contribution in [0.1, 0.15) is 59.3 Å². The van der Waals surface area contributed by atoms with E-state index in [2.05, 4.69) is 0 Å². The summed E-state index contributed by atoms with van der Waals surface area (Å²) < 4.78 is 10.4. The summed E-state index contributed by atoms with van der Waals surface area (Å²) >= 11 is 0. The number of ether oxygens (including phenoxy) is 2. The molecular weight excluding hydrogens is 244 g/mol. The van der Waals surface area contributed by atoms with E-state index in [-0.39, 0.29) is 5.92 Å². The van der Waals surface area contributed by atoms with E-state index in [4.69, 9.17) is 9.47 Å². The van der Waals surface area contributed by atoms with E-state index in [9.17, 15) is 9.59 Å². The van der Waals surface area contributed by atoms with Crippen LogP contribution in [0.25, 0.3) is 0 Å². The highest BCUT2D eigenvalue weighted by Crippen LogP contribution is 2.43. The lowest BCUT2D eigenvalue weighted by molar-refractivity contribution is -0.178. The van der Waals surface area contributed by atoms with E-state index in [1.165, 1.54) is 6.42 Å². The third-order valence-corrected chi connectivity index (χ3v) is 4.14. The molecule has 4 heteroatoms. The van der Waals surface area contributed by atoms with Gasteiger partial charge in [-0.3, -0.25) is 9.59 Å². The zero-order valence-electron chi connectivity index (χ0n) is 12.4. The molecule has 1 rings (SSSR count). The van der Waals surface area contributed by atoms with Crippen LogP contribution in [0.15, 0.2) is 0 Å². The quantitative estimate of drug-likeness (QED) is 0.550. The number of hydrogen-bond donors (Lipinski definition) is 0. The minimum Gasteiger partial charge on any atom is -0.465 e. The van der Waals surface area contributed by atoms with Crippen LogP contribution < -0.4 is 0 Å². The summed E-state index contributed by atoms with van der Waals surface area (Å²) in [7, 11) is 0. The fourth-order valence-corrected chi connectivity index (χ4v) is 3.11. The molecule has 1 fully saturated rings. The molecule has 0 aromatic heterocycles. The van der Waals surface area contributed by atoms with Gasteiger partial charge in [0.05, 0.1) is 13.2 Å². The third-order valence-electron chi connectivity index (χ3n) is 4.14. The van der Waals surface area contributed by atoms with Gasteiger partial charge in [0.15, 0.2) is 5.41 Å². The molecule has 0 saturated heterocycles. The second-order valence-corrected chi connectivity index (χ2v) is 5.10. The van der Waals surface area contributed by atoms with Crippen molar-refractivity contribution in [3.8, 4) is 0 Å². The Morgan fingerprint density at radius 1 is 0.947 bits per heavy atom. The van der Waals surface area contributed by atoms with Gasteiger partial charge in [-0.2, -0.15) is 0 Å². The van der Waals surface area contributed by atoms with E-state index < -0.39 is 17.4 Å². The maximum Gasteiger partial charge on any atom is 0.323 e. The van der Waals surface area contributed by atoms with E-state index in [1.54, 1.807) is 13.8 Å². The lowest BCUT2D eigenvalue weighted by Crippen LogP contribution is -2.48. The predicted molar refractivity (Wildman–Crippen MR) is 72.6 cm³/mol. The predicted octanol–water partition coefficient (Wildman–Crippen LogP) is 3.09. The van der Waals surface area contributed by atoms with Crippen molar-refractivity contribution in [3.63, 3.8) is 0 Å². The van der Waals surface area contributed by atoms with Gasteiger partial charge in [-0.1, -0.05) is 26.2 Å². The van der Waals surface area contributed by atoms with Crippen LogP contribution in [0, 0.1) is 11.3 Å². The van der Waals surface area contributed by atoms with E-state index in [0.29, 0.717) is 19.6 Å². The smallest absolute Gasteiger partial charge is 0.323 e. The largest absolute Gasteiger partial charge is 0.465 e. The zero-order chi connectivity index (χ0) is 14.3. The highest BCUT2D eigenvalue weighted by atomic mass is 16.6. The van der Waals surface area contributed by atoms with Gasteiger partial charge >= 0.3 is 11.9 Å². The van der Waals surface area contributed by atoms with Crippen molar-refractivity contribution in [2.75, 3.05) is 13.2 Å². The molecule has 0 bridgehead atoms. The molecule has 0 N–H and O–H groups in total. The molecule has 0 heterocycles. The molecule has 0 spiro atoms. The van der Waals surface area contributed by atoms with Gasteiger partial charge in [0.1, 0.15) is 0 Å². The molecule has 4 nitrogen and oxygen atoms in total. The van der Waals surface area contributed by atoms with Crippen molar-refractivity contribution >= 4 is 11.9 Å². The van der Waals surface area contributed by atoms with Crippen LogP contribution >= 0.6 is 0 Å². The first-order valence-corrected chi connectivity index (χ1v) is 7.47. The molecule has 1 aliphatic carbocycles. The van der Waals surface area contributed by atoms with Crippen molar-refractivity contribution in [3.05, 3.63) is 0 Å². The standard InChI is InChI=1S/C15H26O4/c1-4-15(13(16)18-5-2,14(17)19-6-3)12-10-8-7-9-11-12/h12H,4-11H2,1-3H3. The van der Waals surface area contributed by atoms with Gasteiger partial charge in [-0.25, -0.2) is 0 Å². The Morgan fingerprint density at radius 3 is 1.79 bits per heavy atom. The SMILES string of the molecule is CCOC(=O)C(CC)(C(=O)OCC)C1CCCCC1. The summed E-state index contributed by atoms with van der Waals surface area (Å²) in [5.74, 6) is -0.741. The van der Waals surface area contributed by atoms with Gasteiger partial charge in [0.2, 0.25) is 0 Å². The second kappa shape index (κ2) is 7.51. The van der Waals surface area contributed by atoms with Crippen LogP contribution in [0.4, 0.5) is 0 Å². The lowest BCUT2D eigenvalue weighted by Gasteiger charge is -2.37.